The molecule has 0 aliphatic rings. The summed E-state index contributed by atoms with van der Waals surface area (Å²) in [4.78, 5) is 28.0. The van der Waals surface area contributed by atoms with Crippen molar-refractivity contribution in [3.63, 3.8) is 0 Å². The Labute approximate surface area is 125 Å². The van der Waals surface area contributed by atoms with E-state index in [0.717, 1.165) is 6.20 Å². The molecule has 0 aliphatic carbocycles. The van der Waals surface area contributed by atoms with E-state index < -0.39 is 11.0 Å². The smallest absolute Gasteiger partial charge is 0.311 e. The zero-order valence-electron chi connectivity index (χ0n) is 11.6. The van der Waals surface area contributed by atoms with Gasteiger partial charge in [0.2, 0.25) is 5.91 Å². The number of halogens is 1. The van der Waals surface area contributed by atoms with Gasteiger partial charge in [-0.25, -0.2) is 0 Å². The van der Waals surface area contributed by atoms with E-state index in [2.05, 4.69) is 26.2 Å². The SMILES string of the molecule is CCN(CC)C(=O)C(C)Nc1c(Br)cncc1[N+](=O)[O-]. The maximum atomic E-state index is 12.2. The molecule has 0 radical (unpaired) electrons. The number of hydrogen-bond acceptors (Lipinski definition) is 5. The van der Waals surface area contributed by atoms with Gasteiger partial charge in [0.15, 0.2) is 0 Å². The average Bonchev–Trinajstić information content (AvgIpc) is 2.41. The average molecular weight is 345 g/mol. The first-order valence-corrected chi connectivity index (χ1v) is 7.04. The first-order valence-electron chi connectivity index (χ1n) is 6.25. The summed E-state index contributed by atoms with van der Waals surface area (Å²) in [5.41, 5.74) is 0.0941. The zero-order chi connectivity index (χ0) is 15.3. The number of aromatic nitrogens is 1. The Morgan fingerprint density at radius 1 is 1.50 bits per heavy atom. The quantitative estimate of drug-likeness (QED) is 0.632. The van der Waals surface area contributed by atoms with Gasteiger partial charge in [-0.3, -0.25) is 19.9 Å². The van der Waals surface area contributed by atoms with Gasteiger partial charge in [0.1, 0.15) is 17.9 Å². The molecule has 0 bridgehead atoms. The van der Waals surface area contributed by atoms with E-state index in [1.54, 1.807) is 11.8 Å². The first-order chi connectivity index (χ1) is 9.42. The van der Waals surface area contributed by atoms with Gasteiger partial charge in [-0.05, 0) is 36.7 Å². The van der Waals surface area contributed by atoms with Crippen LogP contribution in [0, 0.1) is 10.1 Å². The lowest BCUT2D eigenvalue weighted by Crippen LogP contribution is -2.41. The molecule has 1 heterocycles. The van der Waals surface area contributed by atoms with Crippen LogP contribution in [0.1, 0.15) is 20.8 Å². The van der Waals surface area contributed by atoms with E-state index >= 15 is 0 Å². The molecule has 0 saturated carbocycles. The number of pyridine rings is 1. The molecule has 0 saturated heterocycles. The van der Waals surface area contributed by atoms with Gasteiger partial charge in [-0.15, -0.1) is 0 Å². The maximum Gasteiger partial charge on any atom is 0.311 e. The van der Waals surface area contributed by atoms with Gasteiger partial charge in [-0.2, -0.15) is 0 Å². The molecule has 1 aromatic heterocycles. The minimum atomic E-state index is -0.563. The van der Waals surface area contributed by atoms with Crippen LogP contribution in [0.25, 0.3) is 0 Å². The molecule has 0 aromatic carbocycles. The molecule has 0 fully saturated rings. The Hall–Kier alpha value is -1.70. The van der Waals surface area contributed by atoms with Crippen LogP contribution < -0.4 is 5.32 Å². The number of carbonyl (C=O) groups is 1. The van der Waals surface area contributed by atoms with Gasteiger partial charge in [-0.1, -0.05) is 0 Å². The monoisotopic (exact) mass is 344 g/mol. The van der Waals surface area contributed by atoms with Gasteiger partial charge in [0.05, 0.1) is 9.40 Å². The fourth-order valence-corrected chi connectivity index (χ4v) is 2.23. The van der Waals surface area contributed by atoms with Crippen LogP contribution in [0.2, 0.25) is 0 Å². The first kappa shape index (κ1) is 16.4. The number of anilines is 1. The highest BCUT2D eigenvalue weighted by Crippen LogP contribution is 2.31. The number of carbonyl (C=O) groups excluding carboxylic acids is 1. The van der Waals surface area contributed by atoms with Crippen LogP contribution in [0.4, 0.5) is 11.4 Å². The van der Waals surface area contributed by atoms with Crippen molar-refractivity contribution in [1.82, 2.24) is 9.88 Å². The summed E-state index contributed by atoms with van der Waals surface area (Å²) in [5, 5.41) is 13.9. The molecule has 1 aromatic rings. The van der Waals surface area contributed by atoms with Crippen molar-refractivity contribution in [1.29, 1.82) is 0 Å². The van der Waals surface area contributed by atoms with Crippen molar-refractivity contribution in [3.8, 4) is 0 Å². The Morgan fingerprint density at radius 2 is 2.10 bits per heavy atom. The predicted octanol–water partition coefficient (Wildman–Crippen LogP) is 2.42. The van der Waals surface area contributed by atoms with Crippen LogP contribution in [0.15, 0.2) is 16.9 Å². The second-order valence-electron chi connectivity index (χ2n) is 4.15. The standard InChI is InChI=1S/C12H17BrN4O3/c1-4-16(5-2)12(18)8(3)15-11-9(13)6-14-7-10(11)17(19)20/h6-8H,4-5H2,1-3H3,(H,14,15). The minimum absolute atomic E-state index is 0.104. The van der Waals surface area contributed by atoms with Crippen molar-refractivity contribution in [2.24, 2.45) is 0 Å². The molecular formula is C12H17BrN4O3. The molecule has 110 valence electrons. The van der Waals surface area contributed by atoms with Crippen LogP contribution in [-0.2, 0) is 4.79 Å². The molecule has 1 rings (SSSR count). The van der Waals surface area contributed by atoms with Crippen LogP contribution >= 0.6 is 15.9 Å². The van der Waals surface area contributed by atoms with Crippen molar-refractivity contribution in [2.75, 3.05) is 18.4 Å². The third kappa shape index (κ3) is 3.66. The van der Waals surface area contributed by atoms with Gasteiger partial charge in [0, 0.05) is 19.3 Å². The van der Waals surface area contributed by atoms with E-state index in [-0.39, 0.29) is 17.3 Å². The normalized spacial score (nSPS) is 11.8. The van der Waals surface area contributed by atoms with Crippen LogP contribution in [0.3, 0.4) is 0 Å². The number of nitro groups is 1. The molecule has 0 spiro atoms. The van der Waals surface area contributed by atoms with E-state index in [1.807, 2.05) is 13.8 Å². The molecule has 1 N–H and O–H groups in total. The summed E-state index contributed by atoms with van der Waals surface area (Å²) in [7, 11) is 0. The highest BCUT2D eigenvalue weighted by molar-refractivity contribution is 9.10. The highest BCUT2D eigenvalue weighted by Gasteiger charge is 2.23. The highest BCUT2D eigenvalue weighted by atomic mass is 79.9. The fraction of sp³-hybridized carbons (Fsp3) is 0.500. The van der Waals surface area contributed by atoms with Crippen LogP contribution in [0.5, 0.6) is 0 Å². The zero-order valence-corrected chi connectivity index (χ0v) is 13.2. The van der Waals surface area contributed by atoms with Crippen LogP contribution in [-0.4, -0.2) is 39.8 Å². The number of rotatable bonds is 6. The number of hydrogen-bond donors (Lipinski definition) is 1. The third-order valence-corrected chi connectivity index (χ3v) is 3.48. The van der Waals surface area contributed by atoms with Gasteiger partial charge in [0.25, 0.3) is 0 Å². The summed E-state index contributed by atoms with van der Waals surface area (Å²) >= 11 is 3.21. The van der Waals surface area contributed by atoms with Gasteiger partial charge < -0.3 is 10.2 Å². The molecule has 1 atom stereocenters. The lowest BCUT2D eigenvalue weighted by atomic mass is 10.2. The Kier molecular flexibility index (Phi) is 5.87. The van der Waals surface area contributed by atoms with E-state index in [9.17, 15) is 14.9 Å². The Bertz CT molecular complexity index is 505. The second kappa shape index (κ2) is 7.18. The minimum Gasteiger partial charge on any atom is -0.367 e. The van der Waals surface area contributed by atoms with Crippen molar-refractivity contribution in [3.05, 3.63) is 27.0 Å². The number of amides is 1. The van der Waals surface area contributed by atoms with E-state index in [0.29, 0.717) is 17.6 Å². The predicted molar refractivity (Wildman–Crippen MR) is 79.6 cm³/mol. The molecule has 0 aliphatic heterocycles. The maximum absolute atomic E-state index is 12.2. The lowest BCUT2D eigenvalue weighted by Gasteiger charge is -2.24. The lowest BCUT2D eigenvalue weighted by molar-refractivity contribution is -0.384. The van der Waals surface area contributed by atoms with Gasteiger partial charge >= 0.3 is 5.69 Å². The summed E-state index contributed by atoms with van der Waals surface area (Å²) in [6.45, 7) is 6.65. The van der Waals surface area contributed by atoms with E-state index in [4.69, 9.17) is 0 Å². The molecule has 7 nitrogen and oxygen atoms in total. The molecule has 20 heavy (non-hydrogen) atoms. The number of nitrogens with one attached hydrogen (secondary N) is 1. The van der Waals surface area contributed by atoms with Crippen molar-refractivity contribution >= 4 is 33.2 Å². The fourth-order valence-electron chi connectivity index (χ4n) is 1.79. The molecule has 1 amide bonds. The number of likely N-dealkylation sites (N-methyl/N-ethyl adjacent to an activating group) is 1. The molecule has 1 unspecified atom stereocenters. The second-order valence-corrected chi connectivity index (χ2v) is 5.00. The van der Waals surface area contributed by atoms with E-state index in [1.165, 1.54) is 6.20 Å². The summed E-state index contributed by atoms with van der Waals surface area (Å²) in [5.74, 6) is -0.104. The van der Waals surface area contributed by atoms with Crippen molar-refractivity contribution in [2.45, 2.75) is 26.8 Å². The topological polar surface area (TPSA) is 88.4 Å². The summed E-state index contributed by atoms with van der Waals surface area (Å²) in [6, 6.07) is -0.563. The molecular weight excluding hydrogens is 328 g/mol. The third-order valence-electron chi connectivity index (χ3n) is 2.88. The Morgan fingerprint density at radius 3 is 2.60 bits per heavy atom. The van der Waals surface area contributed by atoms with Crippen molar-refractivity contribution < 1.29 is 9.72 Å². The number of nitrogens with zero attached hydrogens (tertiary/aromatic N) is 3. The summed E-state index contributed by atoms with van der Waals surface area (Å²) in [6.07, 6.45) is 2.60. The Balaban J connectivity index is 2.98. The molecule has 8 heteroatoms. The largest absolute Gasteiger partial charge is 0.367 e. The summed E-state index contributed by atoms with van der Waals surface area (Å²) < 4.78 is 0.450.